The largest absolute Gasteiger partial charge is 0.453 e. The molecule has 2 atom stereocenters. The fraction of sp³-hybridized carbons (Fsp3) is 0.588. The summed E-state index contributed by atoms with van der Waals surface area (Å²) >= 11 is 0. The molecule has 0 saturated carbocycles. The van der Waals surface area contributed by atoms with Gasteiger partial charge in [0.15, 0.2) is 0 Å². The maximum absolute atomic E-state index is 14.3. The molecule has 2 N–H and O–H groups in total. The molecule has 1 saturated heterocycles. The zero-order valence-electron chi connectivity index (χ0n) is 13.7. The average molecular weight is 324 g/mol. The van der Waals surface area contributed by atoms with Crippen molar-refractivity contribution in [1.29, 1.82) is 0 Å². The van der Waals surface area contributed by atoms with Gasteiger partial charge in [-0.1, -0.05) is 17.7 Å². The van der Waals surface area contributed by atoms with E-state index in [9.17, 15) is 9.18 Å². The zero-order valence-corrected chi connectivity index (χ0v) is 13.7. The van der Waals surface area contributed by atoms with Crippen LogP contribution in [-0.2, 0) is 9.47 Å². The van der Waals surface area contributed by atoms with Gasteiger partial charge in [0.2, 0.25) is 0 Å². The van der Waals surface area contributed by atoms with Crippen LogP contribution in [0.15, 0.2) is 18.2 Å². The minimum atomic E-state index is -0.494. The Morgan fingerprint density at radius 2 is 2.35 bits per heavy atom. The van der Waals surface area contributed by atoms with Gasteiger partial charge in [0, 0.05) is 24.6 Å². The highest BCUT2D eigenvalue weighted by molar-refractivity contribution is 5.66. The lowest BCUT2D eigenvalue weighted by Gasteiger charge is -2.31. The number of hydrogen-bond acceptors (Lipinski definition) is 4. The number of aryl methyl sites for hydroxylation is 1. The van der Waals surface area contributed by atoms with E-state index in [1.165, 1.54) is 13.2 Å². The van der Waals surface area contributed by atoms with E-state index in [2.05, 4.69) is 15.4 Å². The van der Waals surface area contributed by atoms with Gasteiger partial charge in [-0.15, -0.1) is 0 Å². The van der Waals surface area contributed by atoms with Crippen LogP contribution in [0.25, 0.3) is 0 Å². The summed E-state index contributed by atoms with van der Waals surface area (Å²) in [6.07, 6.45) is 1.24. The van der Waals surface area contributed by atoms with Gasteiger partial charge in [-0.25, -0.2) is 9.18 Å². The van der Waals surface area contributed by atoms with Crippen LogP contribution in [0.5, 0.6) is 0 Å². The van der Waals surface area contributed by atoms with Crippen LogP contribution in [-0.4, -0.2) is 39.4 Å². The lowest BCUT2D eigenvalue weighted by atomic mass is 9.88. The summed E-state index contributed by atoms with van der Waals surface area (Å²) in [4.78, 5) is 11.1. The minimum absolute atomic E-state index is 0.221. The third-order valence-corrected chi connectivity index (χ3v) is 4.08. The molecule has 1 heterocycles. The Kier molecular flexibility index (Phi) is 6.80. The first kappa shape index (κ1) is 17.7. The number of hydrogen-bond donors (Lipinski definition) is 2. The molecular weight excluding hydrogens is 299 g/mol. The molecule has 0 aliphatic carbocycles. The molecule has 0 aromatic heterocycles. The third-order valence-electron chi connectivity index (χ3n) is 4.08. The van der Waals surface area contributed by atoms with E-state index in [0.29, 0.717) is 18.7 Å². The normalized spacial score (nSPS) is 19.2. The predicted molar refractivity (Wildman–Crippen MR) is 85.8 cm³/mol. The second-order valence-electron chi connectivity index (χ2n) is 5.84. The quantitative estimate of drug-likeness (QED) is 0.790. The molecule has 1 aliphatic heterocycles. The molecule has 23 heavy (non-hydrogen) atoms. The second-order valence-corrected chi connectivity index (χ2v) is 5.84. The van der Waals surface area contributed by atoms with E-state index < -0.39 is 6.09 Å². The summed E-state index contributed by atoms with van der Waals surface area (Å²) in [6, 6.07) is 5.10. The molecule has 1 aliphatic rings. The number of amides is 1. The van der Waals surface area contributed by atoms with E-state index >= 15 is 0 Å². The van der Waals surface area contributed by atoms with Gasteiger partial charge in [0.05, 0.1) is 19.8 Å². The van der Waals surface area contributed by atoms with E-state index in [1.807, 2.05) is 13.0 Å². The molecular formula is C17H25FN2O3. The van der Waals surface area contributed by atoms with Crippen LogP contribution in [0.3, 0.4) is 0 Å². The molecule has 1 amide bonds. The lowest BCUT2D eigenvalue weighted by molar-refractivity contribution is 0.00256. The first-order valence-corrected chi connectivity index (χ1v) is 8.02. The number of benzene rings is 1. The van der Waals surface area contributed by atoms with E-state index in [1.54, 1.807) is 6.07 Å². The number of carbonyl (C=O) groups excluding carboxylic acids is 1. The smallest absolute Gasteiger partial charge is 0.406 e. The molecule has 128 valence electrons. The molecule has 6 heteroatoms. The maximum atomic E-state index is 14.3. The Balaban J connectivity index is 2.05. The van der Waals surface area contributed by atoms with Crippen molar-refractivity contribution in [3.05, 3.63) is 35.1 Å². The van der Waals surface area contributed by atoms with Gasteiger partial charge in [-0.05, 0) is 32.4 Å². The van der Waals surface area contributed by atoms with Gasteiger partial charge in [0.25, 0.3) is 0 Å². The summed E-state index contributed by atoms with van der Waals surface area (Å²) in [6.45, 7) is 4.38. The Hall–Kier alpha value is -1.66. The van der Waals surface area contributed by atoms with Crippen molar-refractivity contribution in [2.24, 2.45) is 5.92 Å². The fourth-order valence-corrected chi connectivity index (χ4v) is 2.91. The number of alkyl carbamates (subject to hydrolysis) is 1. The molecule has 1 aromatic rings. The Morgan fingerprint density at radius 1 is 1.52 bits per heavy atom. The monoisotopic (exact) mass is 324 g/mol. The molecule has 2 rings (SSSR count). The molecule has 1 unspecified atom stereocenters. The molecule has 1 aromatic carbocycles. The third kappa shape index (κ3) is 5.18. The van der Waals surface area contributed by atoms with Gasteiger partial charge in [0.1, 0.15) is 5.82 Å². The highest BCUT2D eigenvalue weighted by Crippen LogP contribution is 2.32. The van der Waals surface area contributed by atoms with Crippen molar-refractivity contribution in [3.8, 4) is 0 Å². The maximum Gasteiger partial charge on any atom is 0.406 e. The van der Waals surface area contributed by atoms with E-state index in [0.717, 1.165) is 31.5 Å². The van der Waals surface area contributed by atoms with Crippen molar-refractivity contribution in [2.45, 2.75) is 25.9 Å². The highest BCUT2D eigenvalue weighted by Gasteiger charge is 2.28. The van der Waals surface area contributed by atoms with E-state index in [-0.39, 0.29) is 17.8 Å². The predicted octanol–water partition coefficient (Wildman–Crippen LogP) is 2.55. The second kappa shape index (κ2) is 8.84. The molecule has 0 bridgehead atoms. The van der Waals surface area contributed by atoms with Crippen LogP contribution in [0.1, 0.15) is 30.1 Å². The highest BCUT2D eigenvalue weighted by atomic mass is 19.1. The summed E-state index contributed by atoms with van der Waals surface area (Å²) in [5.74, 6) is -0.0229. The summed E-state index contributed by atoms with van der Waals surface area (Å²) < 4.78 is 24.7. The number of halogens is 1. The SMILES string of the molecule is COC(=O)NCCO[C@@H](c1cc(C)ccc1F)C1CCCNC1. The van der Waals surface area contributed by atoms with Crippen LogP contribution in [0.2, 0.25) is 0 Å². The van der Waals surface area contributed by atoms with Crippen LogP contribution in [0, 0.1) is 18.7 Å². The van der Waals surface area contributed by atoms with Crippen molar-refractivity contribution in [3.63, 3.8) is 0 Å². The van der Waals surface area contributed by atoms with Gasteiger partial charge in [-0.2, -0.15) is 0 Å². The lowest BCUT2D eigenvalue weighted by Crippen LogP contribution is -2.35. The number of ether oxygens (including phenoxy) is 2. The molecule has 0 radical (unpaired) electrons. The summed E-state index contributed by atoms with van der Waals surface area (Å²) in [5, 5.41) is 5.92. The molecule has 5 nitrogen and oxygen atoms in total. The topological polar surface area (TPSA) is 59.6 Å². The van der Waals surface area contributed by atoms with Crippen LogP contribution < -0.4 is 10.6 Å². The first-order chi connectivity index (χ1) is 11.1. The first-order valence-electron chi connectivity index (χ1n) is 8.02. The Bertz CT molecular complexity index is 519. The number of nitrogens with one attached hydrogen (secondary N) is 2. The van der Waals surface area contributed by atoms with E-state index in [4.69, 9.17) is 4.74 Å². The molecule has 1 fully saturated rings. The van der Waals surface area contributed by atoms with Gasteiger partial charge in [-0.3, -0.25) is 0 Å². The van der Waals surface area contributed by atoms with Crippen molar-refractivity contribution < 1.29 is 18.7 Å². The van der Waals surface area contributed by atoms with Crippen molar-refractivity contribution in [1.82, 2.24) is 10.6 Å². The van der Waals surface area contributed by atoms with Gasteiger partial charge < -0.3 is 20.1 Å². The van der Waals surface area contributed by atoms with Gasteiger partial charge >= 0.3 is 6.09 Å². The zero-order chi connectivity index (χ0) is 16.7. The Morgan fingerprint density at radius 3 is 3.04 bits per heavy atom. The summed E-state index contributed by atoms with van der Waals surface area (Å²) in [7, 11) is 1.31. The van der Waals surface area contributed by atoms with Crippen molar-refractivity contribution >= 4 is 6.09 Å². The molecule has 0 spiro atoms. The number of rotatable bonds is 6. The number of piperidine rings is 1. The fourth-order valence-electron chi connectivity index (χ4n) is 2.91. The minimum Gasteiger partial charge on any atom is -0.453 e. The Labute approximate surface area is 136 Å². The number of methoxy groups -OCH3 is 1. The van der Waals surface area contributed by atoms with Crippen LogP contribution >= 0.6 is 0 Å². The average Bonchev–Trinajstić information content (AvgIpc) is 2.58. The number of carbonyl (C=O) groups is 1. The summed E-state index contributed by atoms with van der Waals surface area (Å²) in [5.41, 5.74) is 1.60. The standard InChI is InChI=1S/C17H25FN2O3/c1-12-5-6-15(18)14(10-12)16(13-4-3-7-19-11-13)23-9-8-20-17(21)22-2/h5-6,10,13,16,19H,3-4,7-9,11H2,1-2H3,(H,20,21)/t13?,16-/m1/s1. The van der Waals surface area contributed by atoms with Crippen molar-refractivity contribution in [2.75, 3.05) is 33.4 Å². The van der Waals surface area contributed by atoms with Crippen LogP contribution in [0.4, 0.5) is 9.18 Å².